The van der Waals surface area contributed by atoms with Gasteiger partial charge in [-0.25, -0.2) is 4.98 Å². The van der Waals surface area contributed by atoms with Gasteiger partial charge in [-0.2, -0.15) is 0 Å². The summed E-state index contributed by atoms with van der Waals surface area (Å²) in [6.45, 7) is 6.53. The van der Waals surface area contributed by atoms with E-state index in [1.807, 2.05) is 48.7 Å². The third kappa shape index (κ3) is 5.06. The maximum Gasteiger partial charge on any atom is 0.222 e. The van der Waals surface area contributed by atoms with Gasteiger partial charge in [0.15, 0.2) is 0 Å². The molecule has 0 radical (unpaired) electrons. The van der Waals surface area contributed by atoms with Crippen LogP contribution in [-0.4, -0.2) is 24.0 Å². The number of carbonyl (C=O) groups excluding carboxylic acids is 1. The first-order chi connectivity index (χ1) is 11.6. The van der Waals surface area contributed by atoms with Crippen molar-refractivity contribution in [3.8, 4) is 0 Å². The van der Waals surface area contributed by atoms with E-state index in [9.17, 15) is 4.79 Å². The van der Waals surface area contributed by atoms with Crippen LogP contribution in [-0.2, 0) is 11.3 Å². The Morgan fingerprint density at radius 2 is 1.88 bits per heavy atom. The molecule has 1 atom stereocenters. The summed E-state index contributed by atoms with van der Waals surface area (Å²) in [4.78, 5) is 18.7. The van der Waals surface area contributed by atoms with Crippen LogP contribution in [0.3, 0.4) is 0 Å². The molecule has 0 aliphatic carbocycles. The lowest BCUT2D eigenvalue weighted by molar-refractivity contribution is -0.121. The Hall–Kier alpha value is -2.40. The molecule has 0 bridgehead atoms. The lowest BCUT2D eigenvalue weighted by atomic mass is 10.0. The maximum atomic E-state index is 12.0. The van der Waals surface area contributed by atoms with E-state index in [0.717, 1.165) is 30.0 Å². The minimum atomic E-state index is -0.283. The molecule has 0 saturated heterocycles. The van der Waals surface area contributed by atoms with E-state index in [0.29, 0.717) is 6.54 Å². The molecule has 0 spiro atoms. The van der Waals surface area contributed by atoms with Crippen molar-refractivity contribution in [2.45, 2.75) is 32.9 Å². The van der Waals surface area contributed by atoms with E-state index in [1.54, 1.807) is 0 Å². The van der Waals surface area contributed by atoms with E-state index in [1.165, 1.54) is 0 Å². The van der Waals surface area contributed by atoms with Crippen LogP contribution >= 0.6 is 0 Å². The molecule has 2 rings (SSSR count). The number of benzene rings is 1. The molecule has 0 fully saturated rings. The Morgan fingerprint density at radius 1 is 1.17 bits per heavy atom. The van der Waals surface area contributed by atoms with Crippen molar-refractivity contribution >= 4 is 11.7 Å². The van der Waals surface area contributed by atoms with Gasteiger partial charge in [-0.3, -0.25) is 4.79 Å². The Morgan fingerprint density at radius 3 is 2.46 bits per heavy atom. The molecule has 2 aromatic rings. The molecule has 128 valence electrons. The SMILES string of the molecule is CCN(CC)c1ccc(CNC(=O)CC(N)c2ccccc2)cn1. The van der Waals surface area contributed by atoms with Crippen molar-refractivity contribution in [3.05, 3.63) is 59.8 Å². The van der Waals surface area contributed by atoms with E-state index in [4.69, 9.17) is 5.73 Å². The van der Waals surface area contributed by atoms with Gasteiger partial charge < -0.3 is 16.0 Å². The maximum absolute atomic E-state index is 12.0. The number of nitrogens with zero attached hydrogens (tertiary/aromatic N) is 2. The molecule has 3 N–H and O–H groups in total. The molecule has 5 heteroatoms. The van der Waals surface area contributed by atoms with Crippen LogP contribution in [0, 0.1) is 0 Å². The van der Waals surface area contributed by atoms with Gasteiger partial charge in [0, 0.05) is 38.3 Å². The first-order valence-corrected chi connectivity index (χ1v) is 8.41. The van der Waals surface area contributed by atoms with Gasteiger partial charge in [-0.15, -0.1) is 0 Å². The number of aromatic nitrogens is 1. The number of carbonyl (C=O) groups is 1. The van der Waals surface area contributed by atoms with Gasteiger partial charge in [0.25, 0.3) is 0 Å². The fourth-order valence-corrected chi connectivity index (χ4v) is 2.55. The Bertz CT molecular complexity index is 624. The number of pyridine rings is 1. The number of anilines is 1. The smallest absolute Gasteiger partial charge is 0.222 e. The Balaban J connectivity index is 1.83. The number of amides is 1. The molecule has 1 heterocycles. The highest BCUT2D eigenvalue weighted by Crippen LogP contribution is 2.13. The lowest BCUT2D eigenvalue weighted by Crippen LogP contribution is -2.27. The average Bonchev–Trinajstić information content (AvgIpc) is 2.63. The summed E-state index contributed by atoms with van der Waals surface area (Å²) in [6, 6.07) is 13.4. The van der Waals surface area contributed by atoms with Gasteiger partial charge in [0.05, 0.1) is 0 Å². The van der Waals surface area contributed by atoms with Crippen molar-refractivity contribution < 1.29 is 4.79 Å². The largest absolute Gasteiger partial charge is 0.357 e. The van der Waals surface area contributed by atoms with Crippen LogP contribution in [0.4, 0.5) is 5.82 Å². The summed E-state index contributed by atoms with van der Waals surface area (Å²) in [5.74, 6) is 0.903. The van der Waals surface area contributed by atoms with Crippen LogP contribution in [0.2, 0.25) is 0 Å². The van der Waals surface area contributed by atoms with Crippen molar-refractivity contribution in [1.29, 1.82) is 0 Å². The van der Waals surface area contributed by atoms with E-state index >= 15 is 0 Å². The topological polar surface area (TPSA) is 71.2 Å². The zero-order valence-corrected chi connectivity index (χ0v) is 14.4. The molecule has 5 nitrogen and oxygen atoms in total. The minimum absolute atomic E-state index is 0.0563. The fourth-order valence-electron chi connectivity index (χ4n) is 2.55. The van der Waals surface area contributed by atoms with E-state index < -0.39 is 0 Å². The van der Waals surface area contributed by atoms with E-state index in [-0.39, 0.29) is 18.4 Å². The number of hydrogen-bond donors (Lipinski definition) is 2. The van der Waals surface area contributed by atoms with Gasteiger partial charge >= 0.3 is 0 Å². The second-order valence-electron chi connectivity index (χ2n) is 5.69. The highest BCUT2D eigenvalue weighted by molar-refractivity contribution is 5.76. The normalized spacial score (nSPS) is 11.8. The van der Waals surface area contributed by atoms with Crippen molar-refractivity contribution in [2.24, 2.45) is 5.73 Å². The van der Waals surface area contributed by atoms with Gasteiger partial charge in [-0.05, 0) is 31.0 Å². The van der Waals surface area contributed by atoms with Gasteiger partial charge in [-0.1, -0.05) is 36.4 Å². The number of rotatable bonds is 8. The highest BCUT2D eigenvalue weighted by Gasteiger charge is 2.11. The summed E-state index contributed by atoms with van der Waals surface area (Å²) >= 11 is 0. The average molecular weight is 326 g/mol. The summed E-state index contributed by atoms with van der Waals surface area (Å²) in [5, 5.41) is 2.90. The molecule has 1 amide bonds. The van der Waals surface area contributed by atoms with Gasteiger partial charge in [0.2, 0.25) is 5.91 Å². The van der Waals surface area contributed by atoms with Crippen LogP contribution in [0.25, 0.3) is 0 Å². The second-order valence-corrected chi connectivity index (χ2v) is 5.69. The minimum Gasteiger partial charge on any atom is -0.357 e. The van der Waals surface area contributed by atoms with Crippen LogP contribution in [0.1, 0.15) is 37.4 Å². The highest BCUT2D eigenvalue weighted by atomic mass is 16.1. The first kappa shape index (κ1) is 17.9. The quantitative estimate of drug-likeness (QED) is 0.782. The Labute approximate surface area is 143 Å². The zero-order chi connectivity index (χ0) is 17.4. The first-order valence-electron chi connectivity index (χ1n) is 8.41. The molecule has 0 aliphatic rings. The van der Waals surface area contributed by atoms with E-state index in [2.05, 4.69) is 29.0 Å². The standard InChI is InChI=1S/C19H26N4O/c1-3-23(4-2)18-11-10-15(13-21-18)14-22-19(24)12-17(20)16-8-6-5-7-9-16/h5-11,13,17H,3-4,12,14,20H2,1-2H3,(H,22,24). The summed E-state index contributed by atoms with van der Waals surface area (Å²) in [6.07, 6.45) is 2.08. The van der Waals surface area contributed by atoms with Crippen molar-refractivity contribution in [2.75, 3.05) is 18.0 Å². The van der Waals surface area contributed by atoms with Crippen molar-refractivity contribution in [3.63, 3.8) is 0 Å². The van der Waals surface area contributed by atoms with Crippen LogP contribution in [0.15, 0.2) is 48.7 Å². The van der Waals surface area contributed by atoms with Crippen LogP contribution < -0.4 is 16.0 Å². The molecule has 0 aliphatic heterocycles. The molecule has 1 unspecified atom stereocenters. The van der Waals surface area contributed by atoms with Crippen molar-refractivity contribution in [1.82, 2.24) is 10.3 Å². The molecule has 0 saturated carbocycles. The zero-order valence-electron chi connectivity index (χ0n) is 14.4. The molecule has 1 aromatic carbocycles. The molecule has 1 aromatic heterocycles. The monoisotopic (exact) mass is 326 g/mol. The summed E-state index contributed by atoms with van der Waals surface area (Å²) < 4.78 is 0. The van der Waals surface area contributed by atoms with Crippen LogP contribution in [0.5, 0.6) is 0 Å². The van der Waals surface area contributed by atoms with Gasteiger partial charge in [0.1, 0.15) is 5.82 Å². The summed E-state index contributed by atoms with van der Waals surface area (Å²) in [5.41, 5.74) is 8.02. The number of hydrogen-bond acceptors (Lipinski definition) is 4. The number of nitrogens with two attached hydrogens (primary N) is 1. The molecule has 24 heavy (non-hydrogen) atoms. The predicted octanol–water partition coefficient (Wildman–Crippen LogP) is 2.63. The second kappa shape index (κ2) is 9.03. The fraction of sp³-hybridized carbons (Fsp3) is 0.368. The third-order valence-electron chi connectivity index (χ3n) is 4.02. The number of nitrogens with one attached hydrogen (secondary N) is 1. The molecular formula is C19H26N4O. The lowest BCUT2D eigenvalue weighted by Gasteiger charge is -2.19. The molecular weight excluding hydrogens is 300 g/mol. The predicted molar refractivity (Wildman–Crippen MR) is 97.6 cm³/mol. The summed E-state index contributed by atoms with van der Waals surface area (Å²) in [7, 11) is 0. The third-order valence-corrected chi connectivity index (χ3v) is 4.02. The Kier molecular flexibility index (Phi) is 6.75.